The van der Waals surface area contributed by atoms with E-state index in [1.54, 1.807) is 12.1 Å². The van der Waals surface area contributed by atoms with Crippen LogP contribution in [0.2, 0.25) is 0 Å². The standard InChI is InChI=1S/C15H20BrNO4/c1-10(2)17-5-6-20-12(8-17)9-21-14-7-11(16)3-4-13(14)15(18)19/h3-4,7,10,12H,5-6,8-9H2,1-2H3,(H,18,19). The fourth-order valence-corrected chi connectivity index (χ4v) is 2.63. The summed E-state index contributed by atoms with van der Waals surface area (Å²) in [6, 6.07) is 5.36. The lowest BCUT2D eigenvalue weighted by atomic mass is 10.2. The van der Waals surface area contributed by atoms with Crippen molar-refractivity contribution in [3.63, 3.8) is 0 Å². The van der Waals surface area contributed by atoms with Crippen LogP contribution in [0.15, 0.2) is 22.7 Å². The number of benzene rings is 1. The Kier molecular flexibility index (Phi) is 5.61. The number of carboxylic acid groups (broad SMARTS) is 1. The van der Waals surface area contributed by atoms with E-state index in [2.05, 4.69) is 34.7 Å². The first-order valence-corrected chi connectivity index (χ1v) is 7.78. The number of rotatable bonds is 5. The molecule has 21 heavy (non-hydrogen) atoms. The fraction of sp³-hybridized carbons (Fsp3) is 0.533. The highest BCUT2D eigenvalue weighted by atomic mass is 79.9. The minimum atomic E-state index is -0.995. The van der Waals surface area contributed by atoms with Gasteiger partial charge in [0, 0.05) is 23.6 Å². The summed E-state index contributed by atoms with van der Waals surface area (Å²) in [6.07, 6.45) is -0.0400. The van der Waals surface area contributed by atoms with Gasteiger partial charge in [0.15, 0.2) is 0 Å². The van der Waals surface area contributed by atoms with E-state index in [0.29, 0.717) is 25.0 Å². The van der Waals surface area contributed by atoms with Crippen molar-refractivity contribution in [1.82, 2.24) is 4.90 Å². The number of carbonyl (C=O) groups is 1. The van der Waals surface area contributed by atoms with E-state index in [-0.39, 0.29) is 11.7 Å². The SMILES string of the molecule is CC(C)N1CCOC(COc2cc(Br)ccc2C(=O)O)C1. The summed E-state index contributed by atoms with van der Waals surface area (Å²) in [6.45, 7) is 7.05. The molecule has 0 radical (unpaired) electrons. The van der Waals surface area contributed by atoms with Crippen molar-refractivity contribution in [2.24, 2.45) is 0 Å². The Hall–Kier alpha value is -1.11. The normalized spacial score (nSPS) is 19.7. The first-order valence-electron chi connectivity index (χ1n) is 6.98. The molecule has 1 saturated heterocycles. The number of nitrogens with zero attached hydrogens (tertiary/aromatic N) is 1. The Morgan fingerprint density at radius 2 is 2.33 bits per heavy atom. The molecule has 0 aromatic heterocycles. The van der Waals surface area contributed by atoms with Gasteiger partial charge in [0.2, 0.25) is 0 Å². The number of aromatic carboxylic acids is 1. The van der Waals surface area contributed by atoms with Crippen LogP contribution < -0.4 is 4.74 Å². The van der Waals surface area contributed by atoms with Crippen LogP contribution >= 0.6 is 15.9 Å². The van der Waals surface area contributed by atoms with E-state index in [4.69, 9.17) is 9.47 Å². The summed E-state index contributed by atoms with van der Waals surface area (Å²) in [5.74, 6) is -0.631. The van der Waals surface area contributed by atoms with Crippen LogP contribution in [0.5, 0.6) is 5.75 Å². The minimum Gasteiger partial charge on any atom is -0.490 e. The molecule has 1 unspecified atom stereocenters. The van der Waals surface area contributed by atoms with Crippen LogP contribution in [0, 0.1) is 0 Å². The van der Waals surface area contributed by atoms with Gasteiger partial charge in [0.1, 0.15) is 24.0 Å². The van der Waals surface area contributed by atoms with Crippen molar-refractivity contribution in [2.45, 2.75) is 26.0 Å². The van der Waals surface area contributed by atoms with Gasteiger partial charge in [-0.2, -0.15) is 0 Å². The molecule has 5 nitrogen and oxygen atoms in total. The largest absolute Gasteiger partial charge is 0.490 e. The maximum absolute atomic E-state index is 11.2. The van der Waals surface area contributed by atoms with E-state index in [1.807, 2.05) is 0 Å². The highest BCUT2D eigenvalue weighted by molar-refractivity contribution is 9.10. The van der Waals surface area contributed by atoms with E-state index in [0.717, 1.165) is 17.6 Å². The Balaban J connectivity index is 1.99. The lowest BCUT2D eigenvalue weighted by molar-refractivity contribution is -0.0565. The molecule has 6 heteroatoms. The molecular formula is C15H20BrNO4. The van der Waals surface area contributed by atoms with Crippen molar-refractivity contribution < 1.29 is 19.4 Å². The highest BCUT2D eigenvalue weighted by Crippen LogP contribution is 2.24. The smallest absolute Gasteiger partial charge is 0.339 e. The summed E-state index contributed by atoms with van der Waals surface area (Å²) in [5.41, 5.74) is 0.162. The molecule has 0 bridgehead atoms. The third-order valence-corrected chi connectivity index (χ3v) is 3.99. The molecule has 0 spiro atoms. The average Bonchev–Trinajstić information content (AvgIpc) is 2.45. The van der Waals surface area contributed by atoms with Crippen molar-refractivity contribution in [3.05, 3.63) is 28.2 Å². The molecule has 0 amide bonds. The van der Waals surface area contributed by atoms with Gasteiger partial charge in [-0.25, -0.2) is 4.79 Å². The van der Waals surface area contributed by atoms with Gasteiger partial charge in [0.05, 0.1) is 6.61 Å². The molecular weight excluding hydrogens is 338 g/mol. The van der Waals surface area contributed by atoms with E-state index in [1.165, 1.54) is 6.07 Å². The second-order valence-electron chi connectivity index (χ2n) is 5.34. The second kappa shape index (κ2) is 7.24. The van der Waals surface area contributed by atoms with Gasteiger partial charge in [-0.15, -0.1) is 0 Å². The van der Waals surface area contributed by atoms with E-state index >= 15 is 0 Å². The quantitative estimate of drug-likeness (QED) is 0.877. The number of carboxylic acids is 1. The Morgan fingerprint density at radius 1 is 1.57 bits per heavy atom. The summed E-state index contributed by atoms with van der Waals surface area (Å²) >= 11 is 3.33. The van der Waals surface area contributed by atoms with Crippen LogP contribution in [0.1, 0.15) is 24.2 Å². The van der Waals surface area contributed by atoms with Crippen molar-refractivity contribution in [2.75, 3.05) is 26.3 Å². The van der Waals surface area contributed by atoms with Gasteiger partial charge in [-0.1, -0.05) is 15.9 Å². The van der Waals surface area contributed by atoms with Crippen LogP contribution in [0.4, 0.5) is 0 Å². The lowest BCUT2D eigenvalue weighted by Gasteiger charge is -2.35. The zero-order valence-electron chi connectivity index (χ0n) is 12.2. The molecule has 1 atom stereocenters. The Bertz CT molecular complexity index is 506. The van der Waals surface area contributed by atoms with Crippen LogP contribution in [-0.4, -0.2) is 54.4 Å². The van der Waals surface area contributed by atoms with Crippen LogP contribution in [0.25, 0.3) is 0 Å². The molecule has 1 aromatic rings. The molecule has 1 aromatic carbocycles. The van der Waals surface area contributed by atoms with Crippen molar-refractivity contribution in [3.8, 4) is 5.75 Å². The molecule has 116 valence electrons. The molecule has 0 saturated carbocycles. The second-order valence-corrected chi connectivity index (χ2v) is 6.25. The molecule has 0 aliphatic carbocycles. The maximum Gasteiger partial charge on any atom is 0.339 e. The van der Waals surface area contributed by atoms with Gasteiger partial charge in [-0.3, -0.25) is 4.90 Å². The molecule has 2 rings (SSSR count). The third-order valence-electron chi connectivity index (χ3n) is 3.50. The molecule has 1 aliphatic heterocycles. The minimum absolute atomic E-state index is 0.0400. The Labute approximate surface area is 133 Å². The Morgan fingerprint density at radius 3 is 3.00 bits per heavy atom. The topological polar surface area (TPSA) is 59.0 Å². The number of hydrogen-bond acceptors (Lipinski definition) is 4. The number of morpholine rings is 1. The lowest BCUT2D eigenvalue weighted by Crippen LogP contribution is -2.47. The molecule has 1 heterocycles. The van der Waals surface area contributed by atoms with E-state index in [9.17, 15) is 9.90 Å². The maximum atomic E-state index is 11.2. The van der Waals surface area contributed by atoms with Gasteiger partial charge in [0.25, 0.3) is 0 Å². The van der Waals surface area contributed by atoms with Crippen molar-refractivity contribution in [1.29, 1.82) is 0 Å². The third kappa shape index (κ3) is 4.43. The van der Waals surface area contributed by atoms with Gasteiger partial charge in [-0.05, 0) is 32.0 Å². The highest BCUT2D eigenvalue weighted by Gasteiger charge is 2.23. The summed E-state index contributed by atoms with van der Waals surface area (Å²) in [5, 5.41) is 9.17. The summed E-state index contributed by atoms with van der Waals surface area (Å²) in [7, 11) is 0. The fourth-order valence-electron chi connectivity index (χ4n) is 2.29. The predicted octanol–water partition coefficient (Wildman–Crippen LogP) is 2.64. The average molecular weight is 358 g/mol. The monoisotopic (exact) mass is 357 g/mol. The van der Waals surface area contributed by atoms with Crippen LogP contribution in [0.3, 0.4) is 0 Å². The predicted molar refractivity (Wildman–Crippen MR) is 83.0 cm³/mol. The van der Waals surface area contributed by atoms with E-state index < -0.39 is 5.97 Å². The first-order chi connectivity index (χ1) is 9.97. The van der Waals surface area contributed by atoms with Crippen LogP contribution in [-0.2, 0) is 4.74 Å². The number of ether oxygens (including phenoxy) is 2. The molecule has 1 fully saturated rings. The van der Waals surface area contributed by atoms with Gasteiger partial charge >= 0.3 is 5.97 Å². The zero-order valence-corrected chi connectivity index (χ0v) is 13.8. The first kappa shape index (κ1) is 16.3. The van der Waals surface area contributed by atoms with Gasteiger partial charge < -0.3 is 14.6 Å². The van der Waals surface area contributed by atoms with Crippen molar-refractivity contribution >= 4 is 21.9 Å². The molecule has 1 aliphatic rings. The summed E-state index contributed by atoms with van der Waals surface area (Å²) in [4.78, 5) is 13.5. The molecule has 1 N–H and O–H groups in total. The number of halogens is 1. The zero-order chi connectivity index (χ0) is 15.4. The summed E-state index contributed by atoms with van der Waals surface area (Å²) < 4.78 is 12.2. The number of hydrogen-bond donors (Lipinski definition) is 1.